The molecule has 0 radical (unpaired) electrons. The van der Waals surface area contributed by atoms with Crippen LogP contribution in [0.2, 0.25) is 4.34 Å². The third-order valence-electron chi connectivity index (χ3n) is 4.80. The molecule has 0 aliphatic heterocycles. The highest BCUT2D eigenvalue weighted by Gasteiger charge is 2.55. The van der Waals surface area contributed by atoms with Crippen LogP contribution >= 0.6 is 38.9 Å². The molecule has 2 N–H and O–H groups in total. The zero-order chi connectivity index (χ0) is 13.9. The van der Waals surface area contributed by atoms with Crippen LogP contribution in [0.25, 0.3) is 0 Å². The predicted molar refractivity (Wildman–Crippen MR) is 88.4 cm³/mol. The Labute approximate surface area is 136 Å². The summed E-state index contributed by atoms with van der Waals surface area (Å²) < 4.78 is 1.78. The van der Waals surface area contributed by atoms with Crippen molar-refractivity contribution in [2.24, 2.45) is 17.6 Å². The summed E-state index contributed by atoms with van der Waals surface area (Å²) in [5, 5.41) is 0. The molecule has 4 rings (SSSR count). The lowest BCUT2D eigenvalue weighted by atomic mass is 9.92. The van der Waals surface area contributed by atoms with Gasteiger partial charge in [0.25, 0.3) is 0 Å². The van der Waals surface area contributed by atoms with Gasteiger partial charge in [0.05, 0.1) is 0 Å². The van der Waals surface area contributed by atoms with Crippen molar-refractivity contribution in [3.8, 4) is 0 Å². The van der Waals surface area contributed by atoms with E-state index in [1.165, 1.54) is 28.8 Å². The molecule has 4 atom stereocenters. The van der Waals surface area contributed by atoms with Crippen molar-refractivity contribution in [2.45, 2.75) is 24.8 Å². The van der Waals surface area contributed by atoms with E-state index < -0.39 is 0 Å². The number of fused-ring (bicyclic) bond motifs is 3. The molecule has 20 heavy (non-hydrogen) atoms. The van der Waals surface area contributed by atoms with Crippen LogP contribution in [0.1, 0.15) is 34.4 Å². The van der Waals surface area contributed by atoms with Crippen molar-refractivity contribution >= 4 is 38.9 Å². The van der Waals surface area contributed by atoms with Gasteiger partial charge in [-0.05, 0) is 63.7 Å². The van der Waals surface area contributed by atoms with Gasteiger partial charge < -0.3 is 5.73 Å². The van der Waals surface area contributed by atoms with Crippen molar-refractivity contribution < 1.29 is 0 Å². The molecule has 1 saturated carbocycles. The average Bonchev–Trinajstić information content (AvgIpc) is 3.11. The second kappa shape index (κ2) is 4.84. The number of halogens is 2. The van der Waals surface area contributed by atoms with Crippen LogP contribution in [0.3, 0.4) is 0 Å². The van der Waals surface area contributed by atoms with Gasteiger partial charge in [-0.15, -0.1) is 11.3 Å². The summed E-state index contributed by atoms with van der Waals surface area (Å²) in [7, 11) is 0. The lowest BCUT2D eigenvalue weighted by Crippen LogP contribution is -2.12. The van der Waals surface area contributed by atoms with Crippen molar-refractivity contribution in [1.82, 2.24) is 0 Å². The lowest BCUT2D eigenvalue weighted by Gasteiger charge is -2.13. The Kier molecular flexibility index (Phi) is 3.22. The van der Waals surface area contributed by atoms with Crippen LogP contribution < -0.4 is 5.73 Å². The summed E-state index contributed by atoms with van der Waals surface area (Å²) in [5.74, 6) is 2.01. The molecule has 0 spiro atoms. The van der Waals surface area contributed by atoms with E-state index in [2.05, 4.69) is 46.3 Å². The first-order valence-corrected chi connectivity index (χ1v) is 8.93. The van der Waals surface area contributed by atoms with Crippen molar-refractivity contribution in [3.05, 3.63) is 55.1 Å². The Hall–Kier alpha value is -0.350. The third-order valence-corrected chi connectivity index (χ3v) is 7.37. The summed E-state index contributed by atoms with van der Waals surface area (Å²) in [6.07, 6.45) is 2.48. The summed E-state index contributed by atoms with van der Waals surface area (Å²) in [5.41, 5.74) is 9.59. The molecule has 1 fully saturated rings. The Morgan fingerprint density at radius 3 is 2.90 bits per heavy atom. The van der Waals surface area contributed by atoms with E-state index in [0.717, 1.165) is 14.7 Å². The van der Waals surface area contributed by atoms with Gasteiger partial charge in [-0.25, -0.2) is 0 Å². The zero-order valence-corrected chi connectivity index (χ0v) is 14.0. The van der Waals surface area contributed by atoms with Crippen molar-refractivity contribution in [1.29, 1.82) is 0 Å². The highest BCUT2D eigenvalue weighted by atomic mass is 79.9. The molecule has 0 saturated heterocycles. The average molecular weight is 369 g/mol. The van der Waals surface area contributed by atoms with Gasteiger partial charge in [0.15, 0.2) is 0 Å². The summed E-state index contributed by atoms with van der Waals surface area (Å²) in [6.45, 7) is 0. The van der Waals surface area contributed by atoms with E-state index in [1.54, 1.807) is 11.3 Å². The number of benzene rings is 1. The van der Waals surface area contributed by atoms with Crippen LogP contribution in [-0.2, 0) is 6.42 Å². The molecule has 1 nitrogen and oxygen atoms in total. The molecule has 2 aliphatic carbocycles. The van der Waals surface area contributed by atoms with E-state index in [-0.39, 0.29) is 6.04 Å². The summed E-state index contributed by atoms with van der Waals surface area (Å²) in [4.78, 5) is 1.21. The van der Waals surface area contributed by atoms with Crippen LogP contribution in [0, 0.1) is 11.8 Å². The highest BCUT2D eigenvalue weighted by Crippen LogP contribution is 2.64. The minimum absolute atomic E-state index is 0.116. The molecule has 2 aliphatic rings. The molecule has 0 bridgehead atoms. The maximum Gasteiger partial charge on any atom is 0.107 e. The number of aryl methyl sites for hydroxylation is 1. The SMILES string of the molecule is NC(c1cc(Br)c(Cl)s1)C1C2CCc3ccccc3C21. The fourth-order valence-electron chi connectivity index (χ4n) is 3.83. The van der Waals surface area contributed by atoms with Gasteiger partial charge >= 0.3 is 0 Å². The van der Waals surface area contributed by atoms with Gasteiger partial charge in [0.2, 0.25) is 0 Å². The molecule has 104 valence electrons. The van der Waals surface area contributed by atoms with Crippen LogP contribution in [-0.4, -0.2) is 0 Å². The van der Waals surface area contributed by atoms with Crippen LogP contribution in [0.15, 0.2) is 34.8 Å². The molecular weight excluding hydrogens is 354 g/mol. The van der Waals surface area contributed by atoms with Crippen LogP contribution in [0.5, 0.6) is 0 Å². The number of hydrogen-bond acceptors (Lipinski definition) is 2. The summed E-state index contributed by atoms with van der Waals surface area (Å²) in [6, 6.07) is 11.1. The second-order valence-electron chi connectivity index (χ2n) is 5.80. The largest absolute Gasteiger partial charge is 0.323 e. The maximum absolute atomic E-state index is 6.53. The molecule has 1 aromatic carbocycles. The number of hydrogen-bond donors (Lipinski definition) is 1. The minimum atomic E-state index is 0.116. The van der Waals surface area contributed by atoms with E-state index in [0.29, 0.717) is 11.8 Å². The number of nitrogens with two attached hydrogens (primary N) is 1. The predicted octanol–water partition coefficient (Wildman–Crippen LogP) is 5.14. The van der Waals surface area contributed by atoms with Gasteiger partial charge in [-0.3, -0.25) is 0 Å². The van der Waals surface area contributed by atoms with Crippen LogP contribution in [0.4, 0.5) is 0 Å². The molecular formula is C16H15BrClNS. The fraction of sp³-hybridized carbons (Fsp3) is 0.375. The van der Waals surface area contributed by atoms with E-state index in [1.807, 2.05) is 0 Å². The molecule has 1 aromatic heterocycles. The van der Waals surface area contributed by atoms with Gasteiger partial charge in [0.1, 0.15) is 4.34 Å². The van der Waals surface area contributed by atoms with Gasteiger partial charge in [-0.2, -0.15) is 0 Å². The fourth-order valence-corrected chi connectivity index (χ4v) is 5.62. The second-order valence-corrected chi connectivity index (χ2v) is 8.34. The first-order chi connectivity index (χ1) is 9.66. The number of thiophene rings is 1. The topological polar surface area (TPSA) is 26.0 Å². The van der Waals surface area contributed by atoms with Gasteiger partial charge in [0, 0.05) is 15.4 Å². The smallest absolute Gasteiger partial charge is 0.107 e. The first-order valence-electron chi connectivity index (χ1n) is 6.95. The Balaban J connectivity index is 1.63. The van der Waals surface area contributed by atoms with E-state index in [4.69, 9.17) is 17.3 Å². The molecule has 4 heteroatoms. The van der Waals surface area contributed by atoms with E-state index in [9.17, 15) is 0 Å². The molecule has 1 heterocycles. The first kappa shape index (κ1) is 13.3. The standard InChI is InChI=1S/C16H15BrClNS/c17-11-7-12(20-16(11)18)15(19)14-10-6-5-8-3-1-2-4-9(8)13(10)14/h1-4,7,10,13-15H,5-6,19H2. The maximum atomic E-state index is 6.53. The summed E-state index contributed by atoms with van der Waals surface area (Å²) >= 11 is 11.2. The minimum Gasteiger partial charge on any atom is -0.323 e. The van der Waals surface area contributed by atoms with E-state index >= 15 is 0 Å². The number of rotatable bonds is 2. The lowest BCUT2D eigenvalue weighted by molar-refractivity contribution is 0.561. The Bertz CT molecular complexity index is 649. The monoisotopic (exact) mass is 367 g/mol. The quantitative estimate of drug-likeness (QED) is 0.780. The molecule has 4 unspecified atom stereocenters. The molecule has 0 amide bonds. The van der Waals surface area contributed by atoms with Crippen molar-refractivity contribution in [2.75, 3.05) is 0 Å². The Morgan fingerprint density at radius 2 is 2.15 bits per heavy atom. The normalized spacial score (nSPS) is 28.6. The zero-order valence-electron chi connectivity index (χ0n) is 10.9. The van der Waals surface area contributed by atoms with Gasteiger partial charge in [-0.1, -0.05) is 35.9 Å². The third kappa shape index (κ3) is 1.98. The highest BCUT2D eigenvalue weighted by molar-refractivity contribution is 9.10. The van der Waals surface area contributed by atoms with Crippen molar-refractivity contribution in [3.63, 3.8) is 0 Å². The Morgan fingerprint density at radius 1 is 1.35 bits per heavy atom. The molecule has 2 aromatic rings.